The molecule has 0 heterocycles. The van der Waals surface area contributed by atoms with E-state index < -0.39 is 12.1 Å². The molecular weight excluding hydrogens is 959 g/mol. The van der Waals surface area contributed by atoms with Gasteiger partial charge in [0.25, 0.3) is 0 Å². The molecule has 0 aromatic rings. The highest BCUT2D eigenvalue weighted by atomic mass is 16.5. The van der Waals surface area contributed by atoms with Gasteiger partial charge in [-0.15, -0.1) is 0 Å². The number of hydrogen-bond acceptors (Lipinski definition) is 5. The summed E-state index contributed by atoms with van der Waals surface area (Å²) in [6.07, 6.45) is 85.1. The van der Waals surface area contributed by atoms with E-state index in [2.05, 4.69) is 43.5 Å². The van der Waals surface area contributed by atoms with Crippen molar-refractivity contribution in [3.63, 3.8) is 0 Å². The average molecular weight is 1100 g/mol. The van der Waals surface area contributed by atoms with E-state index in [4.69, 9.17) is 4.74 Å². The minimum Gasteiger partial charge on any atom is -0.466 e. The van der Waals surface area contributed by atoms with Crippen LogP contribution in [0.5, 0.6) is 0 Å². The Morgan fingerprint density at radius 2 is 0.641 bits per heavy atom. The van der Waals surface area contributed by atoms with Crippen molar-refractivity contribution in [2.75, 3.05) is 13.2 Å². The van der Waals surface area contributed by atoms with Gasteiger partial charge in [0.1, 0.15) is 0 Å². The standard InChI is InChI=1S/C72H139NO5/c1-3-5-7-9-11-13-15-17-19-21-28-32-36-40-44-48-52-56-60-64-70(75)69(68-74)73-71(76)65-61-57-53-49-45-41-37-33-30-26-24-23-25-27-31-35-39-43-47-51-55-59-63-67-78-72(77)66-62-58-54-50-46-42-38-34-29-22-20-18-16-14-12-10-8-6-4-2/h23,25-26,30,69-70,74-75H,3-22,24,27-29,31-68H2,1-2H3,(H,73,76)/b25-23-,30-26-. The van der Waals surface area contributed by atoms with Gasteiger partial charge >= 0.3 is 5.97 Å². The lowest BCUT2D eigenvalue weighted by molar-refractivity contribution is -0.143. The van der Waals surface area contributed by atoms with E-state index in [1.165, 1.54) is 321 Å². The van der Waals surface area contributed by atoms with Gasteiger partial charge in [0.15, 0.2) is 0 Å². The molecule has 0 saturated heterocycles. The van der Waals surface area contributed by atoms with Crippen molar-refractivity contribution in [3.8, 4) is 0 Å². The number of carbonyl (C=O) groups is 2. The number of aliphatic hydroxyl groups is 2. The lowest BCUT2D eigenvalue weighted by atomic mass is 10.0. The maximum absolute atomic E-state index is 12.5. The molecule has 3 N–H and O–H groups in total. The zero-order valence-corrected chi connectivity index (χ0v) is 52.9. The van der Waals surface area contributed by atoms with Crippen LogP contribution in [-0.2, 0) is 14.3 Å². The second kappa shape index (κ2) is 67.8. The third kappa shape index (κ3) is 63.5. The molecule has 6 heteroatoms. The number of allylic oxidation sites excluding steroid dienone is 4. The Labute approximate surface area is 488 Å². The summed E-state index contributed by atoms with van der Waals surface area (Å²) in [6, 6.07) is -0.550. The van der Waals surface area contributed by atoms with Crippen LogP contribution in [0.15, 0.2) is 24.3 Å². The average Bonchev–Trinajstić information content (AvgIpc) is 3.44. The van der Waals surface area contributed by atoms with Gasteiger partial charge < -0.3 is 20.3 Å². The zero-order chi connectivity index (χ0) is 56.4. The molecule has 0 spiro atoms. The highest BCUT2D eigenvalue weighted by molar-refractivity contribution is 5.76. The third-order valence-electron chi connectivity index (χ3n) is 16.8. The Kier molecular flexibility index (Phi) is 66.4. The molecule has 2 atom stereocenters. The Bertz CT molecular complexity index is 1220. The molecule has 0 radical (unpaired) electrons. The Morgan fingerprint density at radius 3 is 0.974 bits per heavy atom. The SMILES string of the molecule is CCCCCCCCCCCCCCCCCCCCCC(=O)OCCCCCCCCCCC/C=C\C/C=C\CCCCCCCCCC(=O)NC(CO)C(O)CCCCCCCCCCCCCCCCCCCCC. The normalized spacial score (nSPS) is 12.6. The van der Waals surface area contributed by atoms with E-state index in [-0.39, 0.29) is 18.5 Å². The number of carbonyl (C=O) groups excluding carboxylic acids is 2. The molecule has 0 saturated carbocycles. The van der Waals surface area contributed by atoms with Crippen LogP contribution in [0.2, 0.25) is 0 Å². The smallest absolute Gasteiger partial charge is 0.305 e. The molecule has 0 aliphatic carbocycles. The van der Waals surface area contributed by atoms with Crippen molar-refractivity contribution < 1.29 is 24.5 Å². The summed E-state index contributed by atoms with van der Waals surface area (Å²) in [6.45, 7) is 4.99. The van der Waals surface area contributed by atoms with Gasteiger partial charge in [0.2, 0.25) is 5.91 Å². The van der Waals surface area contributed by atoms with E-state index >= 15 is 0 Å². The van der Waals surface area contributed by atoms with Crippen LogP contribution >= 0.6 is 0 Å². The number of amides is 1. The first-order valence-corrected chi connectivity index (χ1v) is 35.6. The van der Waals surface area contributed by atoms with Gasteiger partial charge in [-0.05, 0) is 57.8 Å². The van der Waals surface area contributed by atoms with Crippen molar-refractivity contribution in [2.24, 2.45) is 0 Å². The molecule has 2 unspecified atom stereocenters. The van der Waals surface area contributed by atoms with E-state index in [9.17, 15) is 19.8 Å². The molecule has 462 valence electrons. The fraction of sp³-hybridized carbons (Fsp3) is 0.917. The van der Waals surface area contributed by atoms with Crippen LogP contribution in [0.25, 0.3) is 0 Å². The van der Waals surface area contributed by atoms with Crippen LogP contribution < -0.4 is 5.32 Å². The van der Waals surface area contributed by atoms with E-state index in [1.807, 2.05) is 0 Å². The number of hydrogen-bond donors (Lipinski definition) is 3. The van der Waals surface area contributed by atoms with Gasteiger partial charge in [-0.1, -0.05) is 353 Å². The van der Waals surface area contributed by atoms with E-state index in [0.29, 0.717) is 25.9 Å². The number of ether oxygens (including phenoxy) is 1. The van der Waals surface area contributed by atoms with Crippen LogP contribution in [-0.4, -0.2) is 47.4 Å². The molecule has 0 rings (SSSR count). The zero-order valence-electron chi connectivity index (χ0n) is 52.9. The Hall–Kier alpha value is -1.66. The van der Waals surface area contributed by atoms with Crippen molar-refractivity contribution >= 4 is 11.9 Å². The monoisotopic (exact) mass is 1100 g/mol. The molecule has 0 bridgehead atoms. The molecule has 0 aliphatic heterocycles. The largest absolute Gasteiger partial charge is 0.466 e. The topological polar surface area (TPSA) is 95.9 Å². The summed E-state index contributed by atoms with van der Waals surface area (Å²) in [7, 11) is 0. The lowest BCUT2D eigenvalue weighted by Crippen LogP contribution is -2.45. The maximum atomic E-state index is 12.5. The second-order valence-electron chi connectivity index (χ2n) is 24.6. The van der Waals surface area contributed by atoms with Crippen molar-refractivity contribution in [3.05, 3.63) is 24.3 Å². The summed E-state index contributed by atoms with van der Waals surface area (Å²) in [5.41, 5.74) is 0. The molecule has 0 aromatic heterocycles. The van der Waals surface area contributed by atoms with E-state index in [0.717, 1.165) is 44.9 Å². The molecule has 0 fully saturated rings. The molecule has 0 aromatic carbocycles. The van der Waals surface area contributed by atoms with Gasteiger partial charge in [0, 0.05) is 12.8 Å². The quantitative estimate of drug-likeness (QED) is 0.0320. The third-order valence-corrected chi connectivity index (χ3v) is 16.8. The Morgan fingerprint density at radius 1 is 0.359 bits per heavy atom. The predicted molar refractivity (Wildman–Crippen MR) is 343 cm³/mol. The van der Waals surface area contributed by atoms with Crippen molar-refractivity contribution in [1.82, 2.24) is 5.32 Å². The highest BCUT2D eigenvalue weighted by Gasteiger charge is 2.20. The number of esters is 1. The fourth-order valence-electron chi connectivity index (χ4n) is 11.3. The maximum Gasteiger partial charge on any atom is 0.305 e. The fourth-order valence-corrected chi connectivity index (χ4v) is 11.3. The number of nitrogens with one attached hydrogen (secondary N) is 1. The molecule has 78 heavy (non-hydrogen) atoms. The van der Waals surface area contributed by atoms with Crippen LogP contribution in [0.3, 0.4) is 0 Å². The van der Waals surface area contributed by atoms with E-state index in [1.54, 1.807) is 0 Å². The summed E-state index contributed by atoms with van der Waals surface area (Å²) < 4.78 is 5.51. The first-order chi connectivity index (χ1) is 38.5. The van der Waals surface area contributed by atoms with Crippen molar-refractivity contribution in [1.29, 1.82) is 0 Å². The highest BCUT2D eigenvalue weighted by Crippen LogP contribution is 2.19. The van der Waals surface area contributed by atoms with Crippen LogP contribution in [0.4, 0.5) is 0 Å². The minimum atomic E-state index is -0.672. The summed E-state index contributed by atoms with van der Waals surface area (Å²) in [5, 5.41) is 23.4. The molecular formula is C72H139NO5. The second-order valence-corrected chi connectivity index (χ2v) is 24.6. The first-order valence-electron chi connectivity index (χ1n) is 35.6. The molecule has 1 amide bonds. The lowest BCUT2D eigenvalue weighted by Gasteiger charge is -2.22. The van der Waals surface area contributed by atoms with Gasteiger partial charge in [-0.2, -0.15) is 0 Å². The van der Waals surface area contributed by atoms with Gasteiger partial charge in [0.05, 0.1) is 25.4 Å². The first kappa shape index (κ1) is 76.3. The predicted octanol–water partition coefficient (Wildman–Crippen LogP) is 22.9. The molecule has 6 nitrogen and oxygen atoms in total. The summed E-state index contributed by atoms with van der Waals surface area (Å²) in [5.74, 6) is -0.0288. The summed E-state index contributed by atoms with van der Waals surface area (Å²) >= 11 is 0. The number of unbranched alkanes of at least 4 members (excludes halogenated alkanes) is 52. The number of aliphatic hydroxyl groups excluding tert-OH is 2. The molecule has 0 aliphatic rings. The van der Waals surface area contributed by atoms with Crippen LogP contribution in [0, 0.1) is 0 Å². The Balaban J connectivity index is 3.42. The minimum absolute atomic E-state index is 0.0128. The van der Waals surface area contributed by atoms with Crippen LogP contribution in [0.1, 0.15) is 399 Å². The van der Waals surface area contributed by atoms with Crippen molar-refractivity contribution in [2.45, 2.75) is 411 Å². The summed E-state index contributed by atoms with van der Waals surface area (Å²) in [4.78, 5) is 24.6. The van der Waals surface area contributed by atoms with Gasteiger partial charge in [-0.25, -0.2) is 0 Å². The number of rotatable bonds is 67. The van der Waals surface area contributed by atoms with Gasteiger partial charge in [-0.3, -0.25) is 9.59 Å².